The molecule has 2 heterocycles. The molecule has 0 radical (unpaired) electrons. The van der Waals surface area contributed by atoms with Crippen LogP contribution in [0.1, 0.15) is 91.7 Å². The number of Topliss-reactive ketones (excluding diaryl/α,β-unsaturated/α-hetero) is 1. The van der Waals surface area contributed by atoms with Crippen molar-refractivity contribution in [1.82, 2.24) is 20.9 Å². The molecule has 14 heteroatoms. The van der Waals surface area contributed by atoms with Crippen molar-refractivity contribution in [3.8, 4) is 0 Å². The first-order chi connectivity index (χ1) is 22.3. The van der Waals surface area contributed by atoms with E-state index in [0.29, 0.717) is 25.8 Å². The van der Waals surface area contributed by atoms with Crippen LogP contribution < -0.4 is 21.7 Å². The third kappa shape index (κ3) is 7.28. The number of hydrogen-bond acceptors (Lipinski definition) is 8. The fraction of sp³-hybridized carbons (Fsp3) is 0.735. The van der Waals surface area contributed by atoms with Crippen LogP contribution in [-0.4, -0.2) is 78.8 Å². The van der Waals surface area contributed by atoms with Gasteiger partial charge in [0.1, 0.15) is 22.7 Å². The molecule has 0 spiro atoms. The lowest BCUT2D eigenvalue weighted by atomic mass is 9.83. The van der Waals surface area contributed by atoms with Gasteiger partial charge in [0.25, 0.3) is 5.91 Å². The standard InChI is InChI=1S/C34H51N5O8S/c1-19-23(12-15-47-19)48(45,46)18-34(13-8-7-9-14-34)38-31(44)37-27(32(2,3)4)30(43)39-17-21-24(33(21,5)6)25(39)29(42)36-22(16-20-10-11-20)26(40)28(35)41/h12,15,20-22,24-25,27H,7-11,13-14,16-18H2,1-6H3,(H2,35,41)(H,36,42)(H2,37,38,44)/t21?,22?,24?,25?,27-/m1/s1. The minimum atomic E-state index is -3.80. The Labute approximate surface area is 282 Å². The number of piperidine rings is 1. The van der Waals surface area contributed by atoms with Gasteiger partial charge in [-0.15, -0.1) is 0 Å². The number of carbonyl (C=O) groups excluding carboxylic acids is 5. The number of fused-ring (bicyclic) bond motifs is 1. The van der Waals surface area contributed by atoms with E-state index in [0.717, 1.165) is 32.1 Å². The number of amides is 5. The largest absolute Gasteiger partial charge is 0.468 e. The molecule has 3 aliphatic carbocycles. The molecule has 5 N–H and O–H groups in total. The van der Waals surface area contributed by atoms with Gasteiger partial charge in [0, 0.05) is 6.54 Å². The molecular formula is C34H51N5O8S. The second-order valence-corrected chi connectivity index (χ2v) is 18.2. The number of urea groups is 1. The van der Waals surface area contributed by atoms with Gasteiger partial charge in [0.2, 0.25) is 17.6 Å². The quantitative estimate of drug-likeness (QED) is 0.240. The number of carbonyl (C=O) groups is 5. The van der Waals surface area contributed by atoms with E-state index in [9.17, 15) is 32.4 Å². The summed E-state index contributed by atoms with van der Waals surface area (Å²) in [6.45, 7) is 11.4. The van der Waals surface area contributed by atoms with E-state index in [2.05, 4.69) is 16.0 Å². The first kappa shape index (κ1) is 35.9. The van der Waals surface area contributed by atoms with Crippen molar-refractivity contribution in [3.63, 3.8) is 0 Å². The maximum absolute atomic E-state index is 14.4. The van der Waals surface area contributed by atoms with E-state index in [1.165, 1.54) is 17.2 Å². The Balaban J connectivity index is 1.35. The summed E-state index contributed by atoms with van der Waals surface area (Å²) in [6.07, 6.45) is 6.78. The van der Waals surface area contributed by atoms with Gasteiger partial charge in [-0.2, -0.15) is 0 Å². The summed E-state index contributed by atoms with van der Waals surface area (Å²) in [5.74, 6) is -2.84. The zero-order chi connectivity index (χ0) is 35.4. The Morgan fingerprint density at radius 3 is 2.25 bits per heavy atom. The Bertz CT molecular complexity index is 1570. The number of ketones is 1. The second kappa shape index (κ2) is 12.8. The van der Waals surface area contributed by atoms with Crippen molar-refractivity contribution in [1.29, 1.82) is 0 Å². The average Bonchev–Trinajstić information content (AvgIpc) is 3.73. The molecule has 1 aromatic rings. The number of likely N-dealkylation sites (tertiary alicyclic amines) is 1. The van der Waals surface area contributed by atoms with Crippen molar-refractivity contribution >= 4 is 39.4 Å². The molecule has 1 aliphatic heterocycles. The van der Waals surface area contributed by atoms with Gasteiger partial charge >= 0.3 is 6.03 Å². The molecule has 0 bridgehead atoms. The van der Waals surface area contributed by atoms with E-state index in [1.807, 2.05) is 34.6 Å². The summed E-state index contributed by atoms with van der Waals surface area (Å²) in [5.41, 5.74) is 3.26. The topological polar surface area (TPSA) is 198 Å². The highest BCUT2D eigenvalue weighted by atomic mass is 32.2. The van der Waals surface area contributed by atoms with Crippen LogP contribution in [0.25, 0.3) is 0 Å². The van der Waals surface area contributed by atoms with Crippen LogP contribution >= 0.6 is 0 Å². The van der Waals surface area contributed by atoms with Crippen molar-refractivity contribution in [2.45, 2.75) is 121 Å². The predicted molar refractivity (Wildman–Crippen MR) is 176 cm³/mol. The lowest BCUT2D eigenvalue weighted by Gasteiger charge is -2.40. The van der Waals surface area contributed by atoms with Crippen LogP contribution in [0.4, 0.5) is 4.79 Å². The number of primary amides is 1. The second-order valence-electron chi connectivity index (χ2n) is 16.2. The monoisotopic (exact) mass is 689 g/mol. The Morgan fingerprint density at radius 2 is 1.71 bits per heavy atom. The van der Waals surface area contributed by atoms with Gasteiger partial charge in [-0.1, -0.05) is 66.7 Å². The van der Waals surface area contributed by atoms with E-state index in [1.54, 1.807) is 6.92 Å². The van der Waals surface area contributed by atoms with Gasteiger partial charge in [-0.3, -0.25) is 19.2 Å². The van der Waals surface area contributed by atoms with Gasteiger partial charge in [0.05, 0.1) is 23.6 Å². The van der Waals surface area contributed by atoms with E-state index in [-0.39, 0.29) is 39.6 Å². The van der Waals surface area contributed by atoms with Crippen LogP contribution in [0.5, 0.6) is 0 Å². The van der Waals surface area contributed by atoms with Crippen LogP contribution in [0.2, 0.25) is 0 Å². The highest BCUT2D eigenvalue weighted by Crippen LogP contribution is 2.65. The molecule has 48 heavy (non-hydrogen) atoms. The maximum atomic E-state index is 14.4. The fourth-order valence-corrected chi connectivity index (χ4v) is 10.0. The number of aryl methyl sites for hydroxylation is 1. The number of nitrogens with zero attached hydrogens (tertiary/aromatic N) is 1. The molecule has 266 valence electrons. The summed E-state index contributed by atoms with van der Waals surface area (Å²) in [7, 11) is -3.80. The number of hydrogen-bond donors (Lipinski definition) is 4. The minimum absolute atomic E-state index is 0.0439. The van der Waals surface area contributed by atoms with Crippen molar-refractivity contribution < 1.29 is 36.8 Å². The molecule has 1 saturated heterocycles. The number of nitrogens with two attached hydrogens (primary N) is 1. The molecule has 3 saturated carbocycles. The molecule has 4 fully saturated rings. The summed E-state index contributed by atoms with van der Waals surface area (Å²) in [5, 5.41) is 8.58. The molecule has 0 aromatic carbocycles. The van der Waals surface area contributed by atoms with E-state index >= 15 is 0 Å². The van der Waals surface area contributed by atoms with E-state index < -0.39 is 68.5 Å². The molecular weight excluding hydrogens is 638 g/mol. The van der Waals surface area contributed by atoms with Crippen LogP contribution in [-0.2, 0) is 29.0 Å². The molecule has 5 rings (SSSR count). The van der Waals surface area contributed by atoms with Crippen LogP contribution in [0.15, 0.2) is 21.6 Å². The zero-order valence-electron chi connectivity index (χ0n) is 28.9. The van der Waals surface area contributed by atoms with Gasteiger partial charge in [-0.25, -0.2) is 13.2 Å². The van der Waals surface area contributed by atoms with Crippen molar-refractivity contribution in [2.24, 2.45) is 34.3 Å². The number of rotatable bonds is 12. The number of furan rings is 1. The minimum Gasteiger partial charge on any atom is -0.468 e. The lowest BCUT2D eigenvalue weighted by molar-refractivity contribution is -0.145. The number of sulfone groups is 1. The molecule has 1 aromatic heterocycles. The summed E-state index contributed by atoms with van der Waals surface area (Å²) in [4.78, 5) is 68.1. The highest BCUT2D eigenvalue weighted by molar-refractivity contribution is 7.91. The van der Waals surface area contributed by atoms with Crippen molar-refractivity contribution in [2.75, 3.05) is 12.3 Å². The Kier molecular flexibility index (Phi) is 9.56. The third-order valence-corrected chi connectivity index (χ3v) is 13.1. The Hall–Kier alpha value is -3.42. The zero-order valence-corrected chi connectivity index (χ0v) is 29.7. The molecule has 5 atom stereocenters. The highest BCUT2D eigenvalue weighted by Gasteiger charge is 2.70. The first-order valence-electron chi connectivity index (χ1n) is 17.1. The smallest absolute Gasteiger partial charge is 0.315 e. The van der Waals surface area contributed by atoms with Crippen LogP contribution in [0.3, 0.4) is 0 Å². The normalized spacial score (nSPS) is 25.7. The number of nitrogens with one attached hydrogen (secondary N) is 3. The van der Waals surface area contributed by atoms with Crippen molar-refractivity contribution in [3.05, 3.63) is 18.1 Å². The van der Waals surface area contributed by atoms with Gasteiger partial charge < -0.3 is 31.0 Å². The predicted octanol–water partition coefficient (Wildman–Crippen LogP) is 2.60. The summed E-state index contributed by atoms with van der Waals surface area (Å²) < 4.78 is 32.2. The third-order valence-electron chi connectivity index (χ3n) is 11.1. The summed E-state index contributed by atoms with van der Waals surface area (Å²) >= 11 is 0. The Morgan fingerprint density at radius 1 is 1.06 bits per heavy atom. The summed E-state index contributed by atoms with van der Waals surface area (Å²) in [6, 6.07) is -2.26. The SMILES string of the molecule is Cc1occc1S(=O)(=O)CC1(NC(=O)N[C@H](C(=O)N2CC3C(C2C(=O)NC(CC2CC2)C(=O)C(N)=O)C3(C)C)C(C)(C)C)CCCCC1. The van der Waals surface area contributed by atoms with E-state index in [4.69, 9.17) is 10.2 Å². The molecule has 4 unspecified atom stereocenters. The molecule has 4 aliphatic rings. The molecule has 13 nitrogen and oxygen atoms in total. The maximum Gasteiger partial charge on any atom is 0.315 e. The average molecular weight is 690 g/mol. The first-order valence-corrected chi connectivity index (χ1v) is 18.7. The van der Waals surface area contributed by atoms with Gasteiger partial charge in [0.15, 0.2) is 9.84 Å². The van der Waals surface area contributed by atoms with Gasteiger partial charge in [-0.05, 0) is 60.8 Å². The van der Waals surface area contributed by atoms with Crippen LogP contribution in [0, 0.1) is 35.5 Å². The molecule has 5 amide bonds. The fourth-order valence-electron chi connectivity index (χ4n) is 8.05. The lowest BCUT2D eigenvalue weighted by Crippen LogP contribution is -2.63.